The SMILES string of the molecule is Cc1ccc(-c2nc([Se]C(C)C)nn2-c2ccccc2)cc1. The van der Waals surface area contributed by atoms with E-state index in [9.17, 15) is 0 Å². The molecule has 0 N–H and O–H groups in total. The first-order valence-corrected chi connectivity index (χ1v) is 9.24. The van der Waals surface area contributed by atoms with Crippen LogP contribution in [0, 0.1) is 6.92 Å². The van der Waals surface area contributed by atoms with E-state index in [0.29, 0.717) is 19.8 Å². The van der Waals surface area contributed by atoms with Gasteiger partial charge in [0.2, 0.25) is 0 Å². The molecule has 0 aliphatic rings. The van der Waals surface area contributed by atoms with Crippen LogP contribution in [0.2, 0.25) is 4.82 Å². The van der Waals surface area contributed by atoms with Gasteiger partial charge in [-0.25, -0.2) is 0 Å². The van der Waals surface area contributed by atoms with E-state index in [1.807, 2.05) is 22.9 Å². The fourth-order valence-electron chi connectivity index (χ4n) is 2.19. The van der Waals surface area contributed by atoms with Gasteiger partial charge in [0.25, 0.3) is 0 Å². The minimum absolute atomic E-state index is 0.291. The van der Waals surface area contributed by atoms with E-state index in [4.69, 9.17) is 10.1 Å². The first-order valence-electron chi connectivity index (χ1n) is 7.39. The summed E-state index contributed by atoms with van der Waals surface area (Å²) in [7, 11) is 0. The Labute approximate surface area is 137 Å². The van der Waals surface area contributed by atoms with Crippen LogP contribution in [0.15, 0.2) is 54.6 Å². The Hall–Kier alpha value is -1.90. The maximum absolute atomic E-state index is 4.81. The zero-order valence-electron chi connectivity index (χ0n) is 13.0. The minimum atomic E-state index is 0.291. The van der Waals surface area contributed by atoms with Crippen molar-refractivity contribution in [2.45, 2.75) is 25.6 Å². The number of benzene rings is 2. The molecular formula is C18H19N3Se. The Morgan fingerprint density at radius 1 is 0.955 bits per heavy atom. The summed E-state index contributed by atoms with van der Waals surface area (Å²) in [4.78, 5) is 5.41. The number of nitrogens with zero attached hydrogens (tertiary/aromatic N) is 3. The molecule has 0 saturated heterocycles. The van der Waals surface area contributed by atoms with E-state index in [1.165, 1.54) is 5.56 Å². The third-order valence-corrected chi connectivity index (χ3v) is 5.03. The van der Waals surface area contributed by atoms with Gasteiger partial charge in [-0.05, 0) is 0 Å². The molecular weight excluding hydrogens is 337 g/mol. The molecule has 22 heavy (non-hydrogen) atoms. The molecule has 4 heteroatoms. The Balaban J connectivity index is 2.10. The average molecular weight is 356 g/mol. The first-order chi connectivity index (χ1) is 10.6. The van der Waals surface area contributed by atoms with E-state index in [1.54, 1.807) is 0 Å². The molecule has 0 unspecified atom stereocenters. The molecule has 0 atom stereocenters. The number of hydrogen-bond acceptors (Lipinski definition) is 2. The van der Waals surface area contributed by atoms with Crippen molar-refractivity contribution in [3.05, 3.63) is 60.2 Å². The van der Waals surface area contributed by atoms with Gasteiger partial charge in [0, 0.05) is 0 Å². The number of aryl methyl sites for hydroxylation is 1. The van der Waals surface area contributed by atoms with Crippen molar-refractivity contribution < 1.29 is 0 Å². The van der Waals surface area contributed by atoms with Crippen LogP contribution in [0.25, 0.3) is 17.1 Å². The van der Waals surface area contributed by atoms with Crippen molar-refractivity contribution >= 4 is 19.7 Å². The standard InChI is InChI=1S/C18H19N3Se/c1-13(2)22-18-19-17(15-11-9-14(3)10-12-15)21(20-18)16-7-5-4-6-8-16/h4-13H,1-3H3. The third-order valence-electron chi connectivity index (χ3n) is 3.24. The fraction of sp³-hybridized carbons (Fsp3) is 0.222. The molecule has 0 bridgehead atoms. The van der Waals surface area contributed by atoms with E-state index >= 15 is 0 Å². The third kappa shape index (κ3) is 3.29. The topological polar surface area (TPSA) is 30.7 Å². The van der Waals surface area contributed by atoms with Crippen LogP contribution in [0.5, 0.6) is 0 Å². The van der Waals surface area contributed by atoms with Gasteiger partial charge in [-0.15, -0.1) is 0 Å². The normalized spacial score (nSPS) is 11.1. The molecule has 1 heterocycles. The summed E-state index contributed by atoms with van der Waals surface area (Å²) in [6.07, 6.45) is 0. The Morgan fingerprint density at radius 3 is 2.27 bits per heavy atom. The summed E-state index contributed by atoms with van der Waals surface area (Å²) in [6.45, 7) is 6.53. The van der Waals surface area contributed by atoms with Crippen molar-refractivity contribution in [2.24, 2.45) is 0 Å². The van der Waals surface area contributed by atoms with Gasteiger partial charge in [0.05, 0.1) is 0 Å². The molecule has 0 fully saturated rings. The van der Waals surface area contributed by atoms with Gasteiger partial charge in [-0.1, -0.05) is 0 Å². The van der Waals surface area contributed by atoms with Crippen molar-refractivity contribution in [2.75, 3.05) is 0 Å². The van der Waals surface area contributed by atoms with Crippen LogP contribution in [0.4, 0.5) is 0 Å². The molecule has 3 rings (SSSR count). The number of aromatic nitrogens is 3. The van der Waals surface area contributed by atoms with Gasteiger partial charge in [-0.2, -0.15) is 0 Å². The Bertz CT molecular complexity index is 746. The zero-order valence-corrected chi connectivity index (χ0v) is 14.7. The van der Waals surface area contributed by atoms with E-state index in [2.05, 4.69) is 57.2 Å². The molecule has 2 aromatic carbocycles. The van der Waals surface area contributed by atoms with Crippen molar-refractivity contribution in [1.29, 1.82) is 0 Å². The van der Waals surface area contributed by atoms with E-state index < -0.39 is 0 Å². The summed E-state index contributed by atoms with van der Waals surface area (Å²) in [5.41, 5.74) is 3.41. The van der Waals surface area contributed by atoms with Gasteiger partial charge >= 0.3 is 137 Å². The van der Waals surface area contributed by atoms with Crippen molar-refractivity contribution in [3.63, 3.8) is 0 Å². The van der Waals surface area contributed by atoms with Gasteiger partial charge in [-0.3, -0.25) is 0 Å². The summed E-state index contributed by atoms with van der Waals surface area (Å²) in [6, 6.07) is 18.7. The summed E-state index contributed by atoms with van der Waals surface area (Å²) < 4.78 is 2.92. The monoisotopic (exact) mass is 357 g/mol. The van der Waals surface area contributed by atoms with E-state index in [-0.39, 0.29) is 0 Å². The second-order valence-corrected chi connectivity index (χ2v) is 8.74. The molecule has 3 nitrogen and oxygen atoms in total. The molecule has 0 aliphatic carbocycles. The quantitative estimate of drug-likeness (QED) is 0.671. The van der Waals surface area contributed by atoms with Crippen LogP contribution in [-0.2, 0) is 0 Å². The molecule has 0 radical (unpaired) electrons. The zero-order chi connectivity index (χ0) is 15.5. The molecule has 0 saturated carbocycles. The number of rotatable bonds is 4. The predicted molar refractivity (Wildman–Crippen MR) is 92.0 cm³/mol. The summed E-state index contributed by atoms with van der Waals surface area (Å²) in [5.74, 6) is 0.920. The second-order valence-electron chi connectivity index (χ2n) is 5.50. The maximum atomic E-state index is 4.81. The van der Waals surface area contributed by atoms with Crippen molar-refractivity contribution in [3.8, 4) is 17.1 Å². The van der Waals surface area contributed by atoms with E-state index in [0.717, 1.165) is 21.8 Å². The van der Waals surface area contributed by atoms with Crippen molar-refractivity contribution in [1.82, 2.24) is 14.8 Å². The van der Waals surface area contributed by atoms with Crippen LogP contribution in [0.3, 0.4) is 0 Å². The molecule has 112 valence electrons. The summed E-state index contributed by atoms with van der Waals surface area (Å²) in [5, 5.41) is 4.75. The molecule has 0 amide bonds. The van der Waals surface area contributed by atoms with Crippen LogP contribution >= 0.6 is 0 Å². The Kier molecular flexibility index (Phi) is 4.41. The van der Waals surface area contributed by atoms with Gasteiger partial charge in [0.1, 0.15) is 0 Å². The predicted octanol–water partition coefficient (Wildman–Crippen LogP) is 3.40. The fourth-order valence-corrected chi connectivity index (χ4v) is 3.64. The Morgan fingerprint density at radius 2 is 1.64 bits per heavy atom. The molecule has 1 aromatic heterocycles. The van der Waals surface area contributed by atoms with Gasteiger partial charge < -0.3 is 0 Å². The van der Waals surface area contributed by atoms with Gasteiger partial charge in [0.15, 0.2) is 0 Å². The first kappa shape index (κ1) is 15.0. The van der Waals surface area contributed by atoms with Crippen LogP contribution < -0.4 is 4.72 Å². The second kappa shape index (κ2) is 6.47. The average Bonchev–Trinajstić information content (AvgIpc) is 2.92. The number of para-hydroxylation sites is 1. The van der Waals surface area contributed by atoms with Crippen LogP contribution in [-0.4, -0.2) is 29.7 Å². The molecule has 0 aliphatic heterocycles. The molecule has 3 aromatic rings. The summed E-state index contributed by atoms with van der Waals surface area (Å²) >= 11 is 0.291. The van der Waals surface area contributed by atoms with Crippen LogP contribution in [0.1, 0.15) is 19.4 Å². The number of hydrogen-bond donors (Lipinski definition) is 0. The molecule has 0 spiro atoms.